The van der Waals surface area contributed by atoms with Crippen LogP contribution in [0.1, 0.15) is 30.2 Å². The molecule has 1 aliphatic rings. The Bertz CT molecular complexity index is 1720. The maximum Gasteiger partial charge on any atom is 0.305 e. The molecule has 3 amide bonds. The van der Waals surface area contributed by atoms with Crippen molar-refractivity contribution in [3.05, 3.63) is 71.4 Å². The molecule has 224 valence electrons. The molecule has 43 heavy (non-hydrogen) atoms. The van der Waals surface area contributed by atoms with Gasteiger partial charge in [-0.2, -0.15) is 4.72 Å². The fourth-order valence-corrected chi connectivity index (χ4v) is 6.80. The van der Waals surface area contributed by atoms with Gasteiger partial charge >= 0.3 is 5.97 Å². The molecule has 2 heterocycles. The minimum absolute atomic E-state index is 0.0443. The zero-order valence-electron chi connectivity index (χ0n) is 22.8. The minimum Gasteiger partial charge on any atom is -0.481 e. The van der Waals surface area contributed by atoms with Crippen molar-refractivity contribution in [2.45, 2.75) is 36.7 Å². The van der Waals surface area contributed by atoms with E-state index in [0.29, 0.717) is 22.5 Å². The molecular formula is C27H26N6O8S2. The number of aliphatic imine (C=N–C) groups is 1. The Balaban J connectivity index is 1.77. The number of benzodiazepines with no additional fused rings is 1. The fourth-order valence-electron chi connectivity index (χ4n) is 4.25. The van der Waals surface area contributed by atoms with Crippen LogP contribution in [0, 0.1) is 6.92 Å². The number of carboxylic acids is 1. The summed E-state index contributed by atoms with van der Waals surface area (Å²) in [4.78, 5) is 70.4. The number of rotatable bonds is 11. The van der Waals surface area contributed by atoms with Crippen LogP contribution in [0.3, 0.4) is 0 Å². The van der Waals surface area contributed by atoms with E-state index in [9.17, 15) is 32.4 Å². The van der Waals surface area contributed by atoms with E-state index in [1.54, 1.807) is 54.6 Å². The number of nitrogens with zero attached hydrogens (tertiary/aromatic N) is 3. The van der Waals surface area contributed by atoms with Gasteiger partial charge in [0.25, 0.3) is 15.9 Å². The van der Waals surface area contributed by atoms with Crippen LogP contribution in [0.15, 0.2) is 63.8 Å². The topological polar surface area (TPSA) is 204 Å². The average molecular weight is 627 g/mol. The highest BCUT2D eigenvalue weighted by molar-refractivity contribution is 7.91. The van der Waals surface area contributed by atoms with Gasteiger partial charge < -0.3 is 20.5 Å². The highest BCUT2D eigenvalue weighted by Gasteiger charge is 2.37. The third-order valence-corrected chi connectivity index (χ3v) is 9.10. The van der Waals surface area contributed by atoms with Crippen LogP contribution in [-0.2, 0) is 34.0 Å². The molecule has 1 unspecified atom stereocenters. The minimum atomic E-state index is -4.45. The summed E-state index contributed by atoms with van der Waals surface area (Å²) in [5, 5.41) is 13.8. The highest BCUT2D eigenvalue weighted by atomic mass is 32.2. The second-order valence-electron chi connectivity index (χ2n) is 9.29. The molecule has 2 aromatic carbocycles. The van der Waals surface area contributed by atoms with E-state index in [1.165, 1.54) is 13.8 Å². The van der Waals surface area contributed by atoms with Gasteiger partial charge in [0.1, 0.15) is 12.8 Å². The van der Waals surface area contributed by atoms with E-state index < -0.39 is 58.9 Å². The van der Waals surface area contributed by atoms with Crippen LogP contribution in [0.5, 0.6) is 0 Å². The van der Waals surface area contributed by atoms with Crippen LogP contribution in [0.4, 0.5) is 10.8 Å². The SMILES string of the molecule is CC(=O)Nc1nc(C)c(S(=O)(=O)NC2N=C(c3ccccc3)c3ccccc3N(CC(=O)N[C@H](C=O)CC(=O)O)C2=O)s1. The summed E-state index contributed by atoms with van der Waals surface area (Å²) in [6.45, 7) is 1.99. The smallest absolute Gasteiger partial charge is 0.305 e. The second-order valence-corrected chi connectivity index (χ2v) is 12.2. The van der Waals surface area contributed by atoms with Gasteiger partial charge in [0.15, 0.2) is 15.5 Å². The van der Waals surface area contributed by atoms with E-state index in [1.807, 2.05) is 0 Å². The molecule has 4 rings (SSSR count). The number of carbonyl (C=O) groups is 5. The zero-order valence-corrected chi connectivity index (χ0v) is 24.4. The first kappa shape index (κ1) is 31.1. The van der Waals surface area contributed by atoms with Crippen LogP contribution >= 0.6 is 11.3 Å². The van der Waals surface area contributed by atoms with Crippen molar-refractivity contribution in [3.8, 4) is 0 Å². The Morgan fingerprint density at radius 1 is 1.12 bits per heavy atom. The number of aryl methyl sites for hydroxylation is 1. The maximum absolute atomic E-state index is 14.0. The van der Waals surface area contributed by atoms with Crippen LogP contribution in [0.25, 0.3) is 0 Å². The van der Waals surface area contributed by atoms with Gasteiger partial charge in [-0.25, -0.2) is 13.4 Å². The van der Waals surface area contributed by atoms with E-state index in [-0.39, 0.29) is 32.7 Å². The molecule has 1 aliphatic heterocycles. The third-order valence-electron chi connectivity index (χ3n) is 6.01. The number of hydrogen-bond donors (Lipinski definition) is 4. The van der Waals surface area contributed by atoms with Gasteiger partial charge in [-0.3, -0.25) is 29.1 Å². The first-order valence-corrected chi connectivity index (χ1v) is 15.0. The highest BCUT2D eigenvalue weighted by Crippen LogP contribution is 2.30. The number of nitrogens with one attached hydrogen (secondary N) is 3. The zero-order chi connectivity index (χ0) is 31.3. The molecule has 3 aromatic rings. The van der Waals surface area contributed by atoms with Gasteiger partial charge in [0.2, 0.25) is 11.8 Å². The van der Waals surface area contributed by atoms with E-state index in [0.717, 1.165) is 4.90 Å². The summed E-state index contributed by atoms with van der Waals surface area (Å²) in [5.74, 6) is -3.54. The number of carboxylic acid groups (broad SMARTS) is 1. The molecule has 0 radical (unpaired) electrons. The summed E-state index contributed by atoms with van der Waals surface area (Å²) >= 11 is 0.688. The number of hydrogen-bond acceptors (Lipinski definition) is 10. The van der Waals surface area contributed by atoms with Crippen LogP contribution in [-0.4, -0.2) is 72.9 Å². The number of fused-ring (bicyclic) bond motifs is 1. The molecular weight excluding hydrogens is 600 g/mol. The summed E-state index contributed by atoms with van der Waals surface area (Å²) < 4.78 is 29.1. The van der Waals surface area contributed by atoms with Crippen molar-refractivity contribution in [1.29, 1.82) is 0 Å². The summed E-state index contributed by atoms with van der Waals surface area (Å²) in [5.41, 5.74) is 1.54. The average Bonchev–Trinajstić information content (AvgIpc) is 3.28. The van der Waals surface area contributed by atoms with Gasteiger partial charge in [-0.15, -0.1) is 0 Å². The molecule has 0 saturated heterocycles. The molecule has 4 N–H and O–H groups in total. The molecule has 2 atom stereocenters. The molecule has 14 nitrogen and oxygen atoms in total. The molecule has 0 saturated carbocycles. The number of anilines is 2. The largest absolute Gasteiger partial charge is 0.481 e. The summed E-state index contributed by atoms with van der Waals surface area (Å²) in [6, 6.07) is 13.9. The third kappa shape index (κ3) is 7.35. The number of para-hydroxylation sites is 1. The van der Waals surface area contributed by atoms with Gasteiger partial charge in [0, 0.05) is 18.1 Å². The molecule has 0 spiro atoms. The van der Waals surface area contributed by atoms with Gasteiger partial charge in [0.05, 0.1) is 29.6 Å². The van der Waals surface area contributed by atoms with E-state index in [2.05, 4.69) is 25.3 Å². The second kappa shape index (κ2) is 13.0. The van der Waals surface area contributed by atoms with Crippen LogP contribution < -0.4 is 20.3 Å². The number of benzene rings is 2. The van der Waals surface area contributed by atoms with Gasteiger partial charge in [-0.05, 0) is 13.0 Å². The molecule has 0 bridgehead atoms. The lowest BCUT2D eigenvalue weighted by molar-refractivity contribution is -0.139. The molecule has 1 aromatic heterocycles. The molecule has 0 fully saturated rings. The Labute approximate surface area is 249 Å². The van der Waals surface area contributed by atoms with Crippen LogP contribution in [0.2, 0.25) is 0 Å². The predicted octanol–water partition coefficient (Wildman–Crippen LogP) is 1.06. The lowest BCUT2D eigenvalue weighted by atomic mass is 10.0. The number of aldehydes is 1. The number of amides is 3. The Morgan fingerprint density at radius 2 is 1.79 bits per heavy atom. The maximum atomic E-state index is 14.0. The van der Waals surface area contributed by atoms with Crippen molar-refractivity contribution in [2.75, 3.05) is 16.8 Å². The monoisotopic (exact) mass is 626 g/mol. The molecule has 0 aliphatic carbocycles. The lowest BCUT2D eigenvalue weighted by Gasteiger charge is -2.25. The lowest BCUT2D eigenvalue weighted by Crippen LogP contribution is -2.51. The normalized spacial score (nSPS) is 15.5. The van der Waals surface area contributed by atoms with Crippen molar-refractivity contribution in [1.82, 2.24) is 15.0 Å². The first-order valence-electron chi connectivity index (χ1n) is 12.7. The van der Waals surface area contributed by atoms with Crippen molar-refractivity contribution >= 4 is 67.9 Å². The number of aliphatic carboxylic acids is 1. The standard InChI is InChI=1S/C27H26N6O8S2/c1-15-26(42-27(28-15)29-16(2)35)43(40,41)32-24-25(39)33(13-21(36)30-18(14-34)12-22(37)38)20-11-7-6-10-19(20)23(31-24)17-8-4-3-5-9-17/h3-11,14,18,24,32H,12-13H2,1-2H3,(H,30,36)(H,37,38)(H,28,29,35)/t18-,24?/m0/s1. The number of aromatic nitrogens is 1. The van der Waals surface area contributed by atoms with E-state index in [4.69, 9.17) is 5.11 Å². The predicted molar refractivity (Wildman–Crippen MR) is 156 cm³/mol. The Morgan fingerprint density at radius 3 is 2.44 bits per heavy atom. The number of sulfonamides is 1. The Hall–Kier alpha value is -4.80. The fraction of sp³-hybridized carbons (Fsp3) is 0.222. The number of thiazole rings is 1. The van der Waals surface area contributed by atoms with Gasteiger partial charge in [-0.1, -0.05) is 59.9 Å². The number of carbonyl (C=O) groups excluding carboxylic acids is 4. The van der Waals surface area contributed by atoms with Crippen molar-refractivity contribution < 1.29 is 37.5 Å². The van der Waals surface area contributed by atoms with Crippen molar-refractivity contribution in [3.63, 3.8) is 0 Å². The van der Waals surface area contributed by atoms with E-state index >= 15 is 0 Å². The summed E-state index contributed by atoms with van der Waals surface area (Å²) in [6.07, 6.45) is -2.16. The quantitative estimate of drug-likeness (QED) is 0.224. The first-order chi connectivity index (χ1) is 20.4. The summed E-state index contributed by atoms with van der Waals surface area (Å²) in [7, 11) is -4.45. The van der Waals surface area contributed by atoms with Crippen molar-refractivity contribution in [2.24, 2.45) is 4.99 Å². The molecule has 16 heteroatoms. The Kier molecular flexibility index (Phi) is 9.43.